The van der Waals surface area contributed by atoms with Crippen molar-refractivity contribution in [1.29, 1.82) is 5.26 Å². The Bertz CT molecular complexity index is 1150. The fraction of sp³-hybridized carbons (Fsp3) is 0.360. The van der Waals surface area contributed by atoms with Gasteiger partial charge in [0.2, 0.25) is 0 Å². The Morgan fingerprint density at radius 3 is 2.26 bits per heavy atom. The van der Waals surface area contributed by atoms with Crippen molar-refractivity contribution in [1.82, 2.24) is 4.98 Å². The zero-order chi connectivity index (χ0) is 22.2. The summed E-state index contributed by atoms with van der Waals surface area (Å²) in [6, 6.07) is 12.0. The van der Waals surface area contributed by atoms with E-state index >= 15 is 0 Å². The lowest BCUT2D eigenvalue weighted by molar-refractivity contribution is 0.0114. The van der Waals surface area contributed by atoms with E-state index < -0.39 is 5.60 Å². The largest absolute Gasteiger partial charge is 0.497 e. The van der Waals surface area contributed by atoms with Crippen LogP contribution in [0.3, 0.4) is 0 Å². The first-order chi connectivity index (χ1) is 14.9. The molecule has 31 heavy (non-hydrogen) atoms. The molecule has 6 nitrogen and oxygen atoms in total. The standard InChI is InChI=1S/C25H27N3O3/c1-16-9-17(2)23-22(10-16)24(18(14-26)15-27-23)28-7-5-25(29,6-8-28)19-11-20(30-3)13-21(12-19)31-4/h9-13,15,29H,5-8H2,1-4H3. The van der Waals surface area contributed by atoms with Gasteiger partial charge in [0.1, 0.15) is 17.6 Å². The molecule has 2 heterocycles. The van der Waals surface area contributed by atoms with Crippen molar-refractivity contribution >= 4 is 16.6 Å². The minimum absolute atomic E-state index is 0.531. The van der Waals surface area contributed by atoms with Crippen molar-refractivity contribution in [3.8, 4) is 17.6 Å². The van der Waals surface area contributed by atoms with E-state index in [0.717, 1.165) is 33.3 Å². The van der Waals surface area contributed by atoms with Crippen molar-refractivity contribution in [2.45, 2.75) is 32.3 Å². The van der Waals surface area contributed by atoms with E-state index in [-0.39, 0.29) is 0 Å². The summed E-state index contributed by atoms with van der Waals surface area (Å²) in [5.41, 5.74) is 4.42. The van der Waals surface area contributed by atoms with Gasteiger partial charge >= 0.3 is 0 Å². The Labute approximate surface area is 182 Å². The molecule has 0 bridgehead atoms. The molecule has 3 aromatic rings. The molecule has 0 atom stereocenters. The topological polar surface area (TPSA) is 78.6 Å². The van der Waals surface area contributed by atoms with Crippen LogP contribution in [0, 0.1) is 25.2 Å². The van der Waals surface area contributed by atoms with Crippen LogP contribution in [-0.4, -0.2) is 37.4 Å². The number of nitriles is 1. The molecule has 160 valence electrons. The molecule has 1 saturated heterocycles. The monoisotopic (exact) mass is 417 g/mol. The predicted octanol–water partition coefficient (Wildman–Crippen LogP) is 4.23. The third kappa shape index (κ3) is 3.77. The fourth-order valence-electron chi connectivity index (χ4n) is 4.53. The van der Waals surface area contributed by atoms with Gasteiger partial charge in [0, 0.05) is 30.7 Å². The van der Waals surface area contributed by atoms with Crippen LogP contribution in [0.2, 0.25) is 0 Å². The molecule has 0 radical (unpaired) electrons. The summed E-state index contributed by atoms with van der Waals surface area (Å²) < 4.78 is 10.8. The minimum Gasteiger partial charge on any atom is -0.497 e. The number of methoxy groups -OCH3 is 2. The number of aryl methyl sites for hydroxylation is 2. The molecule has 0 amide bonds. The molecular formula is C25H27N3O3. The molecule has 2 aromatic carbocycles. The first kappa shape index (κ1) is 21.0. The summed E-state index contributed by atoms with van der Waals surface area (Å²) in [4.78, 5) is 6.74. The van der Waals surface area contributed by atoms with Gasteiger partial charge in [-0.25, -0.2) is 0 Å². The fourth-order valence-corrected chi connectivity index (χ4v) is 4.53. The van der Waals surface area contributed by atoms with Gasteiger partial charge in [-0.15, -0.1) is 0 Å². The van der Waals surface area contributed by atoms with Gasteiger partial charge in [0.25, 0.3) is 0 Å². The lowest BCUT2D eigenvalue weighted by Crippen LogP contribution is -2.43. The van der Waals surface area contributed by atoms with Crippen molar-refractivity contribution in [2.75, 3.05) is 32.2 Å². The third-order valence-corrected chi connectivity index (χ3v) is 6.19. The molecule has 1 N–H and O–H groups in total. The van der Waals surface area contributed by atoms with E-state index in [1.807, 2.05) is 19.1 Å². The normalized spacial score (nSPS) is 15.5. The Hall–Kier alpha value is -3.30. The van der Waals surface area contributed by atoms with Gasteiger partial charge in [-0.05, 0) is 56.0 Å². The molecule has 1 aromatic heterocycles. The number of anilines is 1. The number of fused-ring (bicyclic) bond motifs is 1. The van der Waals surface area contributed by atoms with Crippen molar-refractivity contribution in [3.05, 3.63) is 58.8 Å². The van der Waals surface area contributed by atoms with E-state index in [1.54, 1.807) is 26.5 Å². The number of aromatic nitrogens is 1. The Morgan fingerprint density at radius 1 is 1.03 bits per heavy atom. The first-order valence-corrected chi connectivity index (χ1v) is 10.4. The molecular weight excluding hydrogens is 390 g/mol. The number of pyridine rings is 1. The third-order valence-electron chi connectivity index (χ3n) is 6.19. The summed E-state index contributed by atoms with van der Waals surface area (Å²) in [5.74, 6) is 1.31. The van der Waals surface area contributed by atoms with Gasteiger partial charge in [-0.3, -0.25) is 4.98 Å². The van der Waals surface area contributed by atoms with Gasteiger partial charge < -0.3 is 19.5 Å². The van der Waals surface area contributed by atoms with Crippen LogP contribution in [0.25, 0.3) is 10.9 Å². The zero-order valence-electron chi connectivity index (χ0n) is 18.4. The molecule has 1 aliphatic heterocycles. The van der Waals surface area contributed by atoms with Crippen LogP contribution in [0.1, 0.15) is 35.1 Å². The molecule has 1 fully saturated rings. The van der Waals surface area contributed by atoms with Crippen LogP contribution < -0.4 is 14.4 Å². The van der Waals surface area contributed by atoms with E-state index in [9.17, 15) is 10.4 Å². The lowest BCUT2D eigenvalue weighted by Gasteiger charge is -2.40. The Kier molecular flexibility index (Phi) is 5.47. The maximum atomic E-state index is 11.5. The summed E-state index contributed by atoms with van der Waals surface area (Å²) in [6.07, 6.45) is 2.72. The Morgan fingerprint density at radius 2 is 1.68 bits per heavy atom. The minimum atomic E-state index is -0.986. The van der Waals surface area contributed by atoms with Crippen LogP contribution in [0.5, 0.6) is 11.5 Å². The predicted molar refractivity (Wildman–Crippen MR) is 121 cm³/mol. The van der Waals surface area contributed by atoms with Gasteiger partial charge in [-0.2, -0.15) is 5.26 Å². The van der Waals surface area contributed by atoms with Crippen molar-refractivity contribution < 1.29 is 14.6 Å². The number of hydrogen-bond acceptors (Lipinski definition) is 6. The molecule has 0 spiro atoms. The van der Waals surface area contributed by atoms with E-state index in [2.05, 4.69) is 35.0 Å². The molecule has 0 saturated carbocycles. The second-order valence-electron chi connectivity index (χ2n) is 8.23. The van der Waals surface area contributed by atoms with Gasteiger partial charge in [-0.1, -0.05) is 11.6 Å². The molecule has 0 aliphatic carbocycles. The molecule has 6 heteroatoms. The van der Waals surface area contributed by atoms with E-state index in [1.165, 1.54) is 0 Å². The number of rotatable bonds is 4. The highest BCUT2D eigenvalue weighted by Gasteiger charge is 2.36. The first-order valence-electron chi connectivity index (χ1n) is 10.4. The highest BCUT2D eigenvalue weighted by Crippen LogP contribution is 2.40. The maximum absolute atomic E-state index is 11.5. The van der Waals surface area contributed by atoms with Crippen LogP contribution in [-0.2, 0) is 5.60 Å². The number of benzene rings is 2. The average Bonchev–Trinajstić information content (AvgIpc) is 2.78. The number of nitrogens with zero attached hydrogens (tertiary/aromatic N) is 3. The highest BCUT2D eigenvalue weighted by molar-refractivity contribution is 5.96. The summed E-state index contributed by atoms with van der Waals surface area (Å²) in [6.45, 7) is 5.34. The number of aliphatic hydroxyl groups is 1. The zero-order valence-corrected chi connectivity index (χ0v) is 18.4. The summed E-state index contributed by atoms with van der Waals surface area (Å²) in [5, 5.41) is 22.2. The summed E-state index contributed by atoms with van der Waals surface area (Å²) >= 11 is 0. The average molecular weight is 418 g/mol. The van der Waals surface area contributed by atoms with Crippen molar-refractivity contribution in [3.63, 3.8) is 0 Å². The van der Waals surface area contributed by atoms with E-state index in [4.69, 9.17) is 9.47 Å². The van der Waals surface area contributed by atoms with Crippen LogP contribution >= 0.6 is 0 Å². The van der Waals surface area contributed by atoms with Gasteiger partial charge in [0.05, 0.1) is 36.6 Å². The van der Waals surface area contributed by atoms with Gasteiger partial charge in [0.15, 0.2) is 0 Å². The molecule has 1 aliphatic rings. The molecule has 4 rings (SSSR count). The smallest absolute Gasteiger partial charge is 0.122 e. The maximum Gasteiger partial charge on any atom is 0.122 e. The highest BCUT2D eigenvalue weighted by atomic mass is 16.5. The van der Waals surface area contributed by atoms with E-state index in [0.29, 0.717) is 43.0 Å². The number of ether oxygens (including phenoxy) is 2. The van der Waals surface area contributed by atoms with Crippen LogP contribution in [0.15, 0.2) is 36.5 Å². The second kappa shape index (κ2) is 8.09. The number of hydrogen-bond donors (Lipinski definition) is 1. The molecule has 0 unspecified atom stereocenters. The lowest BCUT2D eigenvalue weighted by atomic mass is 9.83. The summed E-state index contributed by atoms with van der Waals surface area (Å²) in [7, 11) is 3.21. The second-order valence-corrected chi connectivity index (χ2v) is 8.23. The number of piperidine rings is 1. The SMILES string of the molecule is COc1cc(OC)cc(C2(O)CCN(c3c(C#N)cnc4c(C)cc(C)cc34)CC2)c1. The van der Waals surface area contributed by atoms with Crippen LogP contribution in [0.4, 0.5) is 5.69 Å². The van der Waals surface area contributed by atoms with Crippen molar-refractivity contribution in [2.24, 2.45) is 0 Å². The Balaban J connectivity index is 1.70. The quantitative estimate of drug-likeness (QED) is 0.684.